The highest BCUT2D eigenvalue weighted by Crippen LogP contribution is 2.30. The topological polar surface area (TPSA) is 17.1 Å². The number of rotatable bonds is 2. The molecule has 4 heteroatoms. The predicted molar refractivity (Wildman–Crippen MR) is 67.2 cm³/mol. The summed E-state index contributed by atoms with van der Waals surface area (Å²) in [5.74, 6) is -0.552. The molecule has 0 bridgehead atoms. The molecule has 0 unspecified atom stereocenters. The highest BCUT2D eigenvalue weighted by Gasteiger charge is 2.10. The Balaban J connectivity index is 2.64. The summed E-state index contributed by atoms with van der Waals surface area (Å²) in [4.78, 5) is 10.9. The van der Waals surface area contributed by atoms with Gasteiger partial charge in [-0.25, -0.2) is 4.39 Å². The van der Waals surface area contributed by atoms with E-state index in [1.165, 1.54) is 6.07 Å². The average Bonchev–Trinajstić information content (AvgIpc) is 2.32. The first kappa shape index (κ1) is 12.1. The Morgan fingerprint density at radius 2 is 1.82 bits per heavy atom. The average molecular weight is 269 g/mol. The van der Waals surface area contributed by atoms with E-state index in [0.29, 0.717) is 27.5 Å². The lowest BCUT2D eigenvalue weighted by molar-refractivity contribution is 0.112. The zero-order chi connectivity index (χ0) is 12.4. The first-order valence-electron chi connectivity index (χ1n) is 4.82. The van der Waals surface area contributed by atoms with Gasteiger partial charge in [0.1, 0.15) is 5.82 Å². The number of carbonyl (C=O) groups is 1. The second-order valence-electron chi connectivity index (χ2n) is 3.45. The van der Waals surface area contributed by atoms with Gasteiger partial charge in [0.25, 0.3) is 0 Å². The van der Waals surface area contributed by atoms with Gasteiger partial charge in [0, 0.05) is 0 Å². The SMILES string of the molecule is O=Cc1c(F)cccc1-c1ccc(Cl)c(Cl)c1. The Labute approximate surface area is 108 Å². The summed E-state index contributed by atoms with van der Waals surface area (Å²) in [7, 11) is 0. The van der Waals surface area contributed by atoms with Crippen molar-refractivity contribution in [1.82, 2.24) is 0 Å². The minimum atomic E-state index is -0.552. The Bertz CT molecular complexity index is 582. The molecule has 0 fully saturated rings. The van der Waals surface area contributed by atoms with Crippen molar-refractivity contribution in [3.8, 4) is 11.1 Å². The van der Waals surface area contributed by atoms with E-state index in [9.17, 15) is 9.18 Å². The fourth-order valence-corrected chi connectivity index (χ4v) is 1.87. The van der Waals surface area contributed by atoms with Crippen LogP contribution in [0, 0.1) is 5.82 Å². The number of aldehydes is 1. The highest BCUT2D eigenvalue weighted by molar-refractivity contribution is 6.42. The molecule has 2 rings (SSSR count). The molecule has 1 nitrogen and oxygen atoms in total. The standard InChI is InChI=1S/C13H7Cl2FO/c14-11-5-4-8(6-12(11)15)9-2-1-3-13(16)10(9)7-17/h1-7H. The Morgan fingerprint density at radius 3 is 2.47 bits per heavy atom. The minimum absolute atomic E-state index is 0.0193. The van der Waals surface area contributed by atoms with E-state index in [4.69, 9.17) is 23.2 Å². The number of halogens is 3. The van der Waals surface area contributed by atoms with Gasteiger partial charge >= 0.3 is 0 Å². The largest absolute Gasteiger partial charge is 0.298 e. The second-order valence-corrected chi connectivity index (χ2v) is 4.26. The van der Waals surface area contributed by atoms with Gasteiger partial charge in [-0.05, 0) is 29.3 Å². The monoisotopic (exact) mass is 268 g/mol. The fourth-order valence-electron chi connectivity index (χ4n) is 1.57. The first-order valence-corrected chi connectivity index (χ1v) is 5.58. The molecule has 0 aromatic heterocycles. The molecule has 0 N–H and O–H groups in total. The van der Waals surface area contributed by atoms with E-state index in [1.807, 2.05) is 0 Å². The molecular formula is C13H7Cl2FO. The molecule has 0 spiro atoms. The van der Waals surface area contributed by atoms with Crippen LogP contribution in [0.5, 0.6) is 0 Å². The highest BCUT2D eigenvalue weighted by atomic mass is 35.5. The smallest absolute Gasteiger partial charge is 0.153 e. The lowest BCUT2D eigenvalue weighted by Gasteiger charge is -2.07. The molecule has 0 aliphatic rings. The molecule has 0 radical (unpaired) electrons. The van der Waals surface area contributed by atoms with Crippen LogP contribution in [0.4, 0.5) is 4.39 Å². The Morgan fingerprint density at radius 1 is 1.06 bits per heavy atom. The maximum absolute atomic E-state index is 13.4. The molecule has 86 valence electrons. The van der Waals surface area contributed by atoms with Crippen LogP contribution in [0.15, 0.2) is 36.4 Å². The second kappa shape index (κ2) is 4.86. The summed E-state index contributed by atoms with van der Waals surface area (Å²) in [6, 6.07) is 9.34. The number of carbonyl (C=O) groups excluding carboxylic acids is 1. The van der Waals surface area contributed by atoms with Crippen molar-refractivity contribution >= 4 is 29.5 Å². The molecule has 0 aliphatic carbocycles. The lowest BCUT2D eigenvalue weighted by atomic mass is 10.00. The van der Waals surface area contributed by atoms with E-state index >= 15 is 0 Å². The van der Waals surface area contributed by atoms with Crippen LogP contribution in [0.3, 0.4) is 0 Å². The summed E-state index contributed by atoms with van der Waals surface area (Å²) in [5, 5.41) is 0.782. The normalized spacial score (nSPS) is 10.3. The quantitative estimate of drug-likeness (QED) is 0.727. The molecule has 0 amide bonds. The predicted octanol–water partition coefficient (Wildman–Crippen LogP) is 4.61. The number of benzene rings is 2. The maximum atomic E-state index is 13.4. The van der Waals surface area contributed by atoms with Crippen molar-refractivity contribution in [3.63, 3.8) is 0 Å². The zero-order valence-corrected chi connectivity index (χ0v) is 10.1. The van der Waals surface area contributed by atoms with E-state index in [1.54, 1.807) is 30.3 Å². The summed E-state index contributed by atoms with van der Waals surface area (Å²) in [6.45, 7) is 0. The number of hydrogen-bond acceptors (Lipinski definition) is 1. The molecule has 17 heavy (non-hydrogen) atoms. The van der Waals surface area contributed by atoms with E-state index in [2.05, 4.69) is 0 Å². The van der Waals surface area contributed by atoms with Crippen molar-refractivity contribution in [2.75, 3.05) is 0 Å². The van der Waals surface area contributed by atoms with Crippen molar-refractivity contribution in [1.29, 1.82) is 0 Å². The minimum Gasteiger partial charge on any atom is -0.298 e. The van der Waals surface area contributed by atoms with Gasteiger partial charge in [0.2, 0.25) is 0 Å². The van der Waals surface area contributed by atoms with Gasteiger partial charge in [-0.2, -0.15) is 0 Å². The Kier molecular flexibility index (Phi) is 3.46. The van der Waals surface area contributed by atoms with E-state index in [-0.39, 0.29) is 5.56 Å². The third-order valence-corrected chi connectivity index (χ3v) is 3.14. The van der Waals surface area contributed by atoms with Crippen LogP contribution in [0.1, 0.15) is 10.4 Å². The molecule has 2 aromatic rings. The van der Waals surface area contributed by atoms with Gasteiger partial charge in [0.15, 0.2) is 6.29 Å². The zero-order valence-electron chi connectivity index (χ0n) is 8.58. The Hall–Kier alpha value is -1.38. The van der Waals surface area contributed by atoms with Crippen LogP contribution < -0.4 is 0 Å². The van der Waals surface area contributed by atoms with Gasteiger partial charge < -0.3 is 0 Å². The van der Waals surface area contributed by atoms with Crippen LogP contribution in [0.25, 0.3) is 11.1 Å². The van der Waals surface area contributed by atoms with E-state index in [0.717, 1.165) is 0 Å². The lowest BCUT2D eigenvalue weighted by Crippen LogP contribution is -1.92. The van der Waals surface area contributed by atoms with Gasteiger partial charge in [-0.15, -0.1) is 0 Å². The van der Waals surface area contributed by atoms with Gasteiger partial charge in [0.05, 0.1) is 15.6 Å². The summed E-state index contributed by atoms with van der Waals surface area (Å²) in [5.41, 5.74) is 1.17. The molecule has 2 aromatic carbocycles. The van der Waals surface area contributed by atoms with Crippen LogP contribution in [0.2, 0.25) is 10.0 Å². The molecule has 0 saturated carbocycles. The van der Waals surface area contributed by atoms with Crippen molar-refractivity contribution in [2.45, 2.75) is 0 Å². The van der Waals surface area contributed by atoms with E-state index < -0.39 is 5.82 Å². The summed E-state index contributed by atoms with van der Waals surface area (Å²) < 4.78 is 13.4. The van der Waals surface area contributed by atoms with Crippen LogP contribution in [-0.4, -0.2) is 6.29 Å². The van der Waals surface area contributed by atoms with Crippen molar-refractivity contribution in [2.24, 2.45) is 0 Å². The number of hydrogen-bond donors (Lipinski definition) is 0. The maximum Gasteiger partial charge on any atom is 0.153 e. The third kappa shape index (κ3) is 2.33. The molecule has 0 aliphatic heterocycles. The van der Waals surface area contributed by atoms with Gasteiger partial charge in [-0.3, -0.25) is 4.79 Å². The molecular weight excluding hydrogens is 262 g/mol. The van der Waals surface area contributed by atoms with Crippen molar-refractivity contribution in [3.05, 3.63) is 57.8 Å². The van der Waals surface area contributed by atoms with Crippen LogP contribution >= 0.6 is 23.2 Å². The van der Waals surface area contributed by atoms with Crippen molar-refractivity contribution < 1.29 is 9.18 Å². The first-order chi connectivity index (χ1) is 8.13. The summed E-state index contributed by atoms with van der Waals surface area (Å²) >= 11 is 11.7. The summed E-state index contributed by atoms with van der Waals surface area (Å²) in [6.07, 6.45) is 0.493. The van der Waals surface area contributed by atoms with Gasteiger partial charge in [-0.1, -0.05) is 41.4 Å². The molecule has 0 saturated heterocycles. The third-order valence-electron chi connectivity index (χ3n) is 2.40. The molecule has 0 heterocycles. The van der Waals surface area contributed by atoms with Crippen LogP contribution in [-0.2, 0) is 0 Å². The molecule has 0 atom stereocenters. The fraction of sp³-hybridized carbons (Fsp3) is 0.